The van der Waals surface area contributed by atoms with E-state index in [1.165, 1.54) is 30.6 Å². The summed E-state index contributed by atoms with van der Waals surface area (Å²) in [4.78, 5) is 9.20. The molecule has 0 saturated carbocycles. The maximum atomic E-state index is 4.96. The van der Waals surface area contributed by atoms with Gasteiger partial charge in [-0.1, -0.05) is 20.3 Å². The molecule has 0 bridgehead atoms. The molecular weight excluding hydrogens is 248 g/mol. The Morgan fingerprint density at radius 3 is 2.95 bits per heavy atom. The number of hydrogen-bond donors (Lipinski definition) is 1. The monoisotopic (exact) mass is 272 g/mol. The number of nitrogens with zero attached hydrogens (tertiary/aromatic N) is 3. The van der Waals surface area contributed by atoms with Crippen LogP contribution >= 0.6 is 0 Å². The van der Waals surface area contributed by atoms with Crippen molar-refractivity contribution in [2.24, 2.45) is 0 Å². The molecule has 1 fully saturated rings. The number of aryl methyl sites for hydroxylation is 1. The zero-order valence-corrected chi connectivity index (χ0v) is 12.5. The van der Waals surface area contributed by atoms with Crippen LogP contribution in [0.1, 0.15) is 45.4 Å². The van der Waals surface area contributed by atoms with Crippen molar-refractivity contribution in [1.29, 1.82) is 0 Å². The van der Waals surface area contributed by atoms with E-state index in [0.717, 1.165) is 31.6 Å². The summed E-state index contributed by atoms with van der Waals surface area (Å²) < 4.78 is 2.43. The predicted molar refractivity (Wildman–Crippen MR) is 81.9 cm³/mol. The van der Waals surface area contributed by atoms with Gasteiger partial charge in [-0.2, -0.15) is 0 Å². The summed E-state index contributed by atoms with van der Waals surface area (Å²) in [5.74, 6) is 1.27. The lowest BCUT2D eigenvalue weighted by atomic mass is 9.81. The molecule has 0 radical (unpaired) electrons. The van der Waals surface area contributed by atoms with Gasteiger partial charge in [0.05, 0.1) is 11.7 Å². The van der Waals surface area contributed by atoms with E-state index in [1.807, 2.05) is 12.4 Å². The Balaban J connectivity index is 2.15. The predicted octanol–water partition coefficient (Wildman–Crippen LogP) is 2.87. The molecule has 1 aliphatic heterocycles. The van der Waals surface area contributed by atoms with Gasteiger partial charge in [0.15, 0.2) is 0 Å². The summed E-state index contributed by atoms with van der Waals surface area (Å²) in [5.41, 5.74) is 2.49. The molecule has 0 aromatic carbocycles. The number of aromatic nitrogens is 3. The molecule has 4 heteroatoms. The lowest BCUT2D eigenvalue weighted by Crippen LogP contribution is -2.32. The van der Waals surface area contributed by atoms with Crippen LogP contribution in [0.4, 0.5) is 0 Å². The van der Waals surface area contributed by atoms with Crippen LogP contribution < -0.4 is 5.32 Å². The molecule has 1 N–H and O–H groups in total. The van der Waals surface area contributed by atoms with Gasteiger partial charge in [0, 0.05) is 24.7 Å². The van der Waals surface area contributed by atoms with Gasteiger partial charge < -0.3 is 9.88 Å². The van der Waals surface area contributed by atoms with Crippen LogP contribution in [0.2, 0.25) is 0 Å². The van der Waals surface area contributed by atoms with E-state index in [2.05, 4.69) is 34.8 Å². The summed E-state index contributed by atoms with van der Waals surface area (Å²) >= 11 is 0. The van der Waals surface area contributed by atoms with Gasteiger partial charge in [-0.3, -0.25) is 4.98 Å². The number of nitrogens with one attached hydrogen (secondary N) is 1. The van der Waals surface area contributed by atoms with Crippen LogP contribution in [-0.2, 0) is 12.0 Å². The van der Waals surface area contributed by atoms with Crippen molar-refractivity contribution in [2.45, 2.75) is 51.5 Å². The number of fused-ring (bicyclic) bond motifs is 1. The summed E-state index contributed by atoms with van der Waals surface area (Å²) in [6, 6.07) is 2.10. The third kappa shape index (κ3) is 2.12. The van der Waals surface area contributed by atoms with Crippen LogP contribution in [0.5, 0.6) is 0 Å². The number of hydrogen-bond acceptors (Lipinski definition) is 3. The zero-order valence-electron chi connectivity index (χ0n) is 12.5. The summed E-state index contributed by atoms with van der Waals surface area (Å²) in [5, 5.41) is 3.54. The van der Waals surface area contributed by atoms with E-state index in [0.29, 0.717) is 0 Å². The van der Waals surface area contributed by atoms with Crippen LogP contribution in [0, 0.1) is 0 Å². The molecule has 4 nitrogen and oxygen atoms in total. The Hall–Kier alpha value is -1.42. The fourth-order valence-electron chi connectivity index (χ4n) is 3.57. The minimum Gasteiger partial charge on any atom is -0.327 e. The lowest BCUT2D eigenvalue weighted by molar-refractivity contribution is 0.384. The van der Waals surface area contributed by atoms with E-state index < -0.39 is 0 Å². The summed E-state index contributed by atoms with van der Waals surface area (Å²) in [6.07, 6.45) is 8.51. The van der Waals surface area contributed by atoms with Gasteiger partial charge in [-0.25, -0.2) is 4.98 Å². The fourth-order valence-corrected chi connectivity index (χ4v) is 3.57. The zero-order chi connectivity index (χ0) is 14.0. The summed E-state index contributed by atoms with van der Waals surface area (Å²) in [7, 11) is 0. The Kier molecular flexibility index (Phi) is 3.74. The van der Waals surface area contributed by atoms with Gasteiger partial charge in [0.2, 0.25) is 0 Å². The number of pyridine rings is 1. The maximum absolute atomic E-state index is 4.96. The normalized spacial score (nSPS) is 22.7. The molecule has 3 rings (SSSR count). The SMILES string of the molecule is CCCn1c(C2(CCC)CCNC2)nc2cnccc21. The first kappa shape index (κ1) is 13.6. The van der Waals surface area contributed by atoms with Gasteiger partial charge in [-0.15, -0.1) is 0 Å². The molecule has 1 saturated heterocycles. The second-order valence-electron chi connectivity index (χ2n) is 5.91. The highest BCUT2D eigenvalue weighted by atomic mass is 15.1. The highest BCUT2D eigenvalue weighted by molar-refractivity contribution is 5.75. The molecule has 0 spiro atoms. The fraction of sp³-hybridized carbons (Fsp3) is 0.625. The van der Waals surface area contributed by atoms with Crippen LogP contribution in [0.25, 0.3) is 11.0 Å². The molecule has 3 heterocycles. The first-order chi connectivity index (χ1) is 9.80. The third-order valence-corrected chi connectivity index (χ3v) is 4.44. The largest absolute Gasteiger partial charge is 0.327 e. The van der Waals surface area contributed by atoms with Crippen LogP contribution in [-0.4, -0.2) is 27.6 Å². The maximum Gasteiger partial charge on any atom is 0.117 e. The van der Waals surface area contributed by atoms with Crippen molar-refractivity contribution in [2.75, 3.05) is 13.1 Å². The van der Waals surface area contributed by atoms with E-state index in [1.54, 1.807) is 0 Å². The quantitative estimate of drug-likeness (QED) is 0.910. The molecule has 1 aliphatic rings. The Labute approximate surface area is 120 Å². The topological polar surface area (TPSA) is 42.7 Å². The summed E-state index contributed by atoms with van der Waals surface area (Å²) in [6.45, 7) is 7.71. The van der Waals surface area contributed by atoms with Crippen molar-refractivity contribution in [3.05, 3.63) is 24.3 Å². The van der Waals surface area contributed by atoms with Crippen LogP contribution in [0.3, 0.4) is 0 Å². The standard InChI is InChI=1S/C16H24N4/c1-3-6-16(7-9-18-12-16)15-19-13-11-17-8-5-14(13)20(15)10-4-2/h5,8,11,18H,3-4,6-7,9-10,12H2,1-2H3. The smallest absolute Gasteiger partial charge is 0.117 e. The van der Waals surface area contributed by atoms with E-state index >= 15 is 0 Å². The van der Waals surface area contributed by atoms with Crippen molar-refractivity contribution >= 4 is 11.0 Å². The van der Waals surface area contributed by atoms with Crippen molar-refractivity contribution in [3.63, 3.8) is 0 Å². The first-order valence-electron chi connectivity index (χ1n) is 7.82. The highest BCUT2D eigenvalue weighted by Crippen LogP contribution is 2.36. The average Bonchev–Trinajstić information content (AvgIpc) is 3.06. The van der Waals surface area contributed by atoms with Crippen molar-refractivity contribution in [1.82, 2.24) is 19.9 Å². The number of rotatable bonds is 5. The van der Waals surface area contributed by atoms with E-state index in [9.17, 15) is 0 Å². The molecule has 0 amide bonds. The lowest BCUT2D eigenvalue weighted by Gasteiger charge is -2.28. The van der Waals surface area contributed by atoms with Gasteiger partial charge in [0.25, 0.3) is 0 Å². The molecule has 0 aliphatic carbocycles. The van der Waals surface area contributed by atoms with E-state index in [4.69, 9.17) is 4.98 Å². The molecule has 1 unspecified atom stereocenters. The van der Waals surface area contributed by atoms with Gasteiger partial charge >= 0.3 is 0 Å². The molecule has 108 valence electrons. The highest BCUT2D eigenvalue weighted by Gasteiger charge is 2.39. The molecule has 2 aromatic heterocycles. The first-order valence-corrected chi connectivity index (χ1v) is 7.82. The minimum atomic E-state index is 0.211. The van der Waals surface area contributed by atoms with Crippen molar-refractivity contribution < 1.29 is 0 Å². The average molecular weight is 272 g/mol. The molecular formula is C16H24N4. The molecule has 2 aromatic rings. The second kappa shape index (κ2) is 5.52. The molecule has 1 atom stereocenters. The Morgan fingerprint density at radius 2 is 2.25 bits per heavy atom. The minimum absolute atomic E-state index is 0.211. The van der Waals surface area contributed by atoms with Crippen LogP contribution in [0.15, 0.2) is 18.5 Å². The second-order valence-corrected chi connectivity index (χ2v) is 5.91. The molecule has 20 heavy (non-hydrogen) atoms. The van der Waals surface area contributed by atoms with Gasteiger partial charge in [0.1, 0.15) is 11.3 Å². The van der Waals surface area contributed by atoms with Gasteiger partial charge in [-0.05, 0) is 31.9 Å². The van der Waals surface area contributed by atoms with Crippen molar-refractivity contribution in [3.8, 4) is 0 Å². The third-order valence-electron chi connectivity index (χ3n) is 4.44. The Bertz CT molecular complexity index is 581. The van der Waals surface area contributed by atoms with E-state index in [-0.39, 0.29) is 5.41 Å². The number of imidazole rings is 1. The Morgan fingerprint density at radius 1 is 1.35 bits per heavy atom.